The summed E-state index contributed by atoms with van der Waals surface area (Å²) in [5, 5.41) is 12.3. The molecule has 0 unspecified atom stereocenters. The van der Waals surface area contributed by atoms with Crippen LogP contribution in [0, 0.1) is 5.82 Å². The number of aromatic nitrogens is 3. The largest absolute Gasteiger partial charge is 0.297 e. The first-order chi connectivity index (χ1) is 9.34. The second-order valence-corrected chi connectivity index (χ2v) is 6.44. The highest BCUT2D eigenvalue weighted by molar-refractivity contribution is 9.10. The zero-order chi connectivity index (χ0) is 14.9. The van der Waals surface area contributed by atoms with Gasteiger partial charge in [0.1, 0.15) is 5.82 Å². The molecule has 0 atom stereocenters. The van der Waals surface area contributed by atoms with Crippen molar-refractivity contribution in [3.63, 3.8) is 0 Å². The molecule has 0 aliphatic rings. The number of nitrogens with zero attached hydrogens (tertiary/aromatic N) is 3. The van der Waals surface area contributed by atoms with E-state index in [0.29, 0.717) is 28.8 Å². The summed E-state index contributed by atoms with van der Waals surface area (Å²) in [6.45, 7) is 2.27. The normalized spacial score (nSPS) is 11.8. The van der Waals surface area contributed by atoms with Gasteiger partial charge in [0.25, 0.3) is 15.2 Å². The fourth-order valence-corrected chi connectivity index (χ4v) is 2.96. The van der Waals surface area contributed by atoms with Crippen molar-refractivity contribution < 1.29 is 12.8 Å². The van der Waals surface area contributed by atoms with Crippen LogP contribution in [0.25, 0.3) is 11.4 Å². The standard InChI is InChI=1S/C11H12BrFN4O2S/c1-2-5-17-10(15-16-11(17)20(14,18)19)8-4-3-7(13)6-9(8)12/h3-4,6H,2,5H2,1H3,(H2,14,18,19). The Labute approximate surface area is 124 Å². The van der Waals surface area contributed by atoms with Crippen molar-refractivity contribution in [1.82, 2.24) is 14.8 Å². The van der Waals surface area contributed by atoms with Crippen LogP contribution in [0.3, 0.4) is 0 Å². The van der Waals surface area contributed by atoms with E-state index in [1.165, 1.54) is 22.8 Å². The van der Waals surface area contributed by atoms with Gasteiger partial charge >= 0.3 is 0 Å². The Kier molecular flexibility index (Phi) is 4.21. The summed E-state index contributed by atoms with van der Waals surface area (Å²) >= 11 is 3.23. The van der Waals surface area contributed by atoms with Gasteiger partial charge in [-0.25, -0.2) is 17.9 Å². The summed E-state index contributed by atoms with van der Waals surface area (Å²) in [7, 11) is -3.96. The molecule has 6 nitrogen and oxygen atoms in total. The molecule has 0 saturated heterocycles. The minimum atomic E-state index is -3.96. The first-order valence-corrected chi connectivity index (χ1v) is 8.10. The molecule has 108 valence electrons. The third-order valence-electron chi connectivity index (χ3n) is 2.59. The Morgan fingerprint density at radius 3 is 2.65 bits per heavy atom. The third kappa shape index (κ3) is 2.89. The number of hydrogen-bond donors (Lipinski definition) is 1. The second kappa shape index (κ2) is 5.58. The average molecular weight is 363 g/mol. The molecule has 1 heterocycles. The monoisotopic (exact) mass is 362 g/mol. The molecule has 2 aromatic rings. The van der Waals surface area contributed by atoms with E-state index < -0.39 is 15.8 Å². The zero-order valence-electron chi connectivity index (χ0n) is 10.5. The van der Waals surface area contributed by atoms with Crippen molar-refractivity contribution >= 4 is 26.0 Å². The lowest BCUT2D eigenvalue weighted by atomic mass is 10.2. The molecule has 0 saturated carbocycles. The number of rotatable bonds is 4. The van der Waals surface area contributed by atoms with Crippen molar-refractivity contribution in [3.8, 4) is 11.4 Å². The van der Waals surface area contributed by atoms with Gasteiger partial charge in [-0.3, -0.25) is 4.57 Å². The van der Waals surface area contributed by atoms with Crippen molar-refractivity contribution in [2.45, 2.75) is 25.0 Å². The topological polar surface area (TPSA) is 90.9 Å². The number of sulfonamides is 1. The van der Waals surface area contributed by atoms with Crippen LogP contribution in [0.4, 0.5) is 4.39 Å². The number of benzene rings is 1. The molecule has 1 aromatic heterocycles. The summed E-state index contributed by atoms with van der Waals surface area (Å²) in [6.07, 6.45) is 0.673. The lowest BCUT2D eigenvalue weighted by Crippen LogP contribution is -2.19. The van der Waals surface area contributed by atoms with E-state index in [0.717, 1.165) is 0 Å². The van der Waals surface area contributed by atoms with Crippen LogP contribution < -0.4 is 5.14 Å². The Balaban J connectivity index is 2.66. The Hall–Kier alpha value is -1.32. The van der Waals surface area contributed by atoms with Crippen LogP contribution in [0.1, 0.15) is 13.3 Å². The molecule has 20 heavy (non-hydrogen) atoms. The van der Waals surface area contributed by atoms with Gasteiger partial charge < -0.3 is 0 Å². The number of primary sulfonamides is 1. The molecule has 0 aliphatic heterocycles. The van der Waals surface area contributed by atoms with E-state index >= 15 is 0 Å². The third-order valence-corrected chi connectivity index (χ3v) is 4.06. The highest BCUT2D eigenvalue weighted by atomic mass is 79.9. The van der Waals surface area contributed by atoms with Crippen molar-refractivity contribution in [1.29, 1.82) is 0 Å². The number of halogens is 2. The van der Waals surface area contributed by atoms with Gasteiger partial charge in [-0.05, 0) is 40.5 Å². The van der Waals surface area contributed by atoms with Crippen molar-refractivity contribution in [3.05, 3.63) is 28.5 Å². The fraction of sp³-hybridized carbons (Fsp3) is 0.273. The molecule has 0 fully saturated rings. The minimum absolute atomic E-state index is 0.300. The summed E-state index contributed by atoms with van der Waals surface area (Å²) < 4.78 is 38.0. The van der Waals surface area contributed by atoms with Gasteiger partial charge in [-0.15, -0.1) is 10.2 Å². The maximum atomic E-state index is 13.1. The number of nitrogens with two attached hydrogens (primary N) is 1. The van der Waals surface area contributed by atoms with Gasteiger partial charge in [-0.1, -0.05) is 6.92 Å². The summed E-state index contributed by atoms with van der Waals surface area (Å²) in [4.78, 5) is 0. The fourth-order valence-electron chi connectivity index (χ4n) is 1.79. The minimum Gasteiger partial charge on any atom is -0.297 e. The predicted molar refractivity (Wildman–Crippen MR) is 74.8 cm³/mol. The van der Waals surface area contributed by atoms with E-state index in [1.807, 2.05) is 6.92 Å². The second-order valence-electron chi connectivity index (χ2n) is 4.13. The van der Waals surface area contributed by atoms with Crippen molar-refractivity contribution in [2.24, 2.45) is 5.14 Å². The van der Waals surface area contributed by atoms with E-state index in [4.69, 9.17) is 5.14 Å². The number of hydrogen-bond acceptors (Lipinski definition) is 4. The van der Waals surface area contributed by atoms with E-state index in [2.05, 4.69) is 26.1 Å². The molecule has 0 spiro atoms. The van der Waals surface area contributed by atoms with E-state index in [1.54, 1.807) is 0 Å². The van der Waals surface area contributed by atoms with Gasteiger partial charge in [0.05, 0.1) is 0 Å². The van der Waals surface area contributed by atoms with Gasteiger partial charge in [0, 0.05) is 16.6 Å². The van der Waals surface area contributed by atoms with Crippen LogP contribution >= 0.6 is 15.9 Å². The van der Waals surface area contributed by atoms with E-state index in [9.17, 15) is 12.8 Å². The smallest absolute Gasteiger partial charge is 0.273 e. The lowest BCUT2D eigenvalue weighted by Gasteiger charge is -2.09. The lowest BCUT2D eigenvalue weighted by molar-refractivity contribution is 0.559. The highest BCUT2D eigenvalue weighted by Gasteiger charge is 2.22. The highest BCUT2D eigenvalue weighted by Crippen LogP contribution is 2.28. The Bertz CT molecular complexity index is 745. The SMILES string of the molecule is CCCn1c(-c2ccc(F)cc2Br)nnc1S(N)(=O)=O. The quantitative estimate of drug-likeness (QED) is 0.898. The van der Waals surface area contributed by atoms with Crippen LogP contribution in [-0.4, -0.2) is 23.2 Å². The maximum Gasteiger partial charge on any atom is 0.273 e. The van der Waals surface area contributed by atoms with Crippen LogP contribution in [0.2, 0.25) is 0 Å². The molecule has 2 N–H and O–H groups in total. The molecule has 0 radical (unpaired) electrons. The molecule has 0 aliphatic carbocycles. The molecule has 1 aromatic carbocycles. The van der Waals surface area contributed by atoms with Crippen molar-refractivity contribution in [2.75, 3.05) is 0 Å². The van der Waals surface area contributed by atoms with E-state index in [-0.39, 0.29) is 5.16 Å². The zero-order valence-corrected chi connectivity index (χ0v) is 12.9. The van der Waals surface area contributed by atoms with Crippen LogP contribution in [0.5, 0.6) is 0 Å². The summed E-state index contributed by atoms with van der Waals surface area (Å²) in [5.41, 5.74) is 0.544. The first kappa shape index (κ1) is 15.1. The van der Waals surface area contributed by atoms with Crippen LogP contribution in [-0.2, 0) is 16.6 Å². The maximum absolute atomic E-state index is 13.1. The van der Waals surface area contributed by atoms with Gasteiger partial charge in [0.15, 0.2) is 5.82 Å². The average Bonchev–Trinajstić information content (AvgIpc) is 2.73. The van der Waals surface area contributed by atoms with Gasteiger partial charge in [-0.2, -0.15) is 0 Å². The van der Waals surface area contributed by atoms with Gasteiger partial charge in [0.2, 0.25) is 0 Å². The van der Waals surface area contributed by atoms with Crippen LogP contribution in [0.15, 0.2) is 27.8 Å². The molecular weight excluding hydrogens is 351 g/mol. The summed E-state index contributed by atoms with van der Waals surface area (Å²) in [5.74, 6) is -0.0865. The Morgan fingerprint density at radius 2 is 2.10 bits per heavy atom. The predicted octanol–water partition coefficient (Wildman–Crippen LogP) is 1.90. The molecule has 0 bridgehead atoms. The molecule has 9 heteroatoms. The Morgan fingerprint density at radius 1 is 1.40 bits per heavy atom. The molecular formula is C11H12BrFN4O2S. The first-order valence-electron chi connectivity index (χ1n) is 5.76. The molecule has 0 amide bonds. The summed E-state index contributed by atoms with van der Waals surface area (Å²) in [6, 6.07) is 4.04. The molecule has 2 rings (SSSR count).